The molecule has 0 bridgehead atoms. The van der Waals surface area contributed by atoms with Gasteiger partial charge >= 0.3 is 411 Å². The number of hydrogen-bond donors (Lipinski definition) is 0. The Morgan fingerprint density at radius 1 is 0.394 bits per heavy atom. The van der Waals surface area contributed by atoms with Crippen molar-refractivity contribution in [1.29, 1.82) is 0 Å². The molecule has 0 nitrogen and oxygen atoms in total. The van der Waals surface area contributed by atoms with E-state index in [2.05, 4.69) is 188 Å². The van der Waals surface area contributed by atoms with Crippen LogP contribution in [0.1, 0.15) is 143 Å². The summed E-state index contributed by atoms with van der Waals surface area (Å²) >= 11 is -5.37. The molecule has 0 heterocycles. The zero-order valence-electron chi connectivity index (χ0n) is 41.2. The number of aryl methyl sites for hydroxylation is 4. The standard InChI is InChI=1S/2C30H33.C2H7Si.2ClH.Zr/c2*1-4-5-6-7-8-9-24-20-29-27(25-14-10-22(2)11-15-25)18-19-28(30(29)21-24)26-16-12-23(3)13-17-26;1-3-2;;;/h2*10-21H,4-9H2,1-3H3;3H,1-2H3;2*1H;/q;;;;;+2/p-2. The van der Waals surface area contributed by atoms with Crippen LogP contribution in [0, 0.1) is 27.7 Å². The Morgan fingerprint density at radius 2 is 0.682 bits per heavy atom. The van der Waals surface area contributed by atoms with Crippen molar-refractivity contribution in [2.75, 3.05) is 0 Å². The topological polar surface area (TPSA) is 0 Å². The average Bonchev–Trinajstić information content (AvgIpc) is 3.91. The molecule has 4 heteroatoms. The van der Waals surface area contributed by atoms with E-state index in [1.807, 2.05) is 0 Å². The Hall–Kier alpha value is -3.52. The van der Waals surface area contributed by atoms with Crippen LogP contribution in [0.5, 0.6) is 0 Å². The summed E-state index contributed by atoms with van der Waals surface area (Å²) in [5.41, 5.74) is 23.8. The summed E-state index contributed by atoms with van der Waals surface area (Å²) in [5.74, 6) is -1.90. The zero-order valence-corrected chi connectivity index (χ0v) is 46.3. The summed E-state index contributed by atoms with van der Waals surface area (Å²) in [7, 11) is 18.9. The van der Waals surface area contributed by atoms with Crippen LogP contribution in [0.2, 0.25) is 13.1 Å². The Morgan fingerprint density at radius 3 is 0.985 bits per heavy atom. The van der Waals surface area contributed by atoms with Crippen LogP contribution in [0.4, 0.5) is 0 Å². The van der Waals surface area contributed by atoms with Crippen molar-refractivity contribution >= 4 is 35.1 Å². The van der Waals surface area contributed by atoms with Gasteiger partial charge in [-0.05, 0) is 0 Å². The van der Waals surface area contributed by atoms with Gasteiger partial charge in [-0.2, -0.15) is 0 Å². The van der Waals surface area contributed by atoms with Crippen molar-refractivity contribution in [3.8, 4) is 44.5 Å². The van der Waals surface area contributed by atoms with Gasteiger partial charge in [0.2, 0.25) is 0 Å². The van der Waals surface area contributed by atoms with Crippen LogP contribution in [-0.4, -0.2) is 5.92 Å². The molecule has 2 atom stereocenters. The molecule has 0 amide bonds. The van der Waals surface area contributed by atoms with Crippen LogP contribution in [0.25, 0.3) is 56.7 Å². The fourth-order valence-corrected chi connectivity index (χ4v) is 42.7. The molecule has 2 unspecified atom stereocenters. The summed E-state index contributed by atoms with van der Waals surface area (Å²) in [4.78, 5) is 0. The maximum absolute atomic E-state index is 9.47. The number of allylic oxidation sites excluding steroid dienone is 2. The first-order chi connectivity index (χ1) is 31.8. The van der Waals surface area contributed by atoms with Crippen LogP contribution < -0.4 is 0 Å². The third-order valence-electron chi connectivity index (χ3n) is 15.3. The summed E-state index contributed by atoms with van der Waals surface area (Å²) in [6.07, 6.45) is 19.6. The summed E-state index contributed by atoms with van der Waals surface area (Å²) in [5, 5.41) is 0. The third-order valence-corrected chi connectivity index (χ3v) is 67.1. The van der Waals surface area contributed by atoms with E-state index < -0.39 is 21.5 Å². The molecule has 343 valence electrons. The molecule has 0 radical (unpaired) electrons. The number of unbranched alkanes of at least 4 members (excludes halogenated alkanes) is 8. The second-order valence-electron chi connectivity index (χ2n) is 20.5. The average molecular weight is 1010 g/mol. The molecule has 0 spiro atoms. The van der Waals surface area contributed by atoms with Crippen LogP contribution in [0.3, 0.4) is 0 Å². The van der Waals surface area contributed by atoms with E-state index in [1.54, 1.807) is 0 Å². The number of fused-ring (bicyclic) bond motifs is 2. The monoisotopic (exact) mass is 1010 g/mol. The van der Waals surface area contributed by atoms with Crippen molar-refractivity contribution in [3.05, 3.63) is 177 Å². The van der Waals surface area contributed by atoms with Gasteiger partial charge in [0.05, 0.1) is 0 Å². The molecule has 8 rings (SSSR count). The van der Waals surface area contributed by atoms with Gasteiger partial charge in [-0.3, -0.25) is 0 Å². The number of hydrogen-bond acceptors (Lipinski definition) is 0. The maximum atomic E-state index is 9.47. The Kier molecular flexibility index (Phi) is 15.6. The molecule has 0 fully saturated rings. The fourth-order valence-electron chi connectivity index (χ4n) is 11.4. The van der Waals surface area contributed by atoms with E-state index in [0.29, 0.717) is 0 Å². The van der Waals surface area contributed by atoms with E-state index in [4.69, 9.17) is 0 Å². The van der Waals surface area contributed by atoms with E-state index >= 15 is 0 Å². The summed E-state index contributed by atoms with van der Waals surface area (Å²) in [6, 6.07) is 46.4. The quantitative estimate of drug-likeness (QED) is 0.0560. The molecular weight excluding hydrogens is 935 g/mol. The van der Waals surface area contributed by atoms with Gasteiger partial charge in [0.1, 0.15) is 0 Å². The third kappa shape index (κ3) is 9.71. The molecule has 2 aliphatic rings. The van der Waals surface area contributed by atoms with Crippen molar-refractivity contribution in [1.82, 2.24) is 0 Å². The van der Waals surface area contributed by atoms with Crippen LogP contribution >= 0.6 is 17.0 Å². The van der Waals surface area contributed by atoms with Crippen molar-refractivity contribution in [3.63, 3.8) is 0 Å². The van der Waals surface area contributed by atoms with Crippen molar-refractivity contribution < 1.29 is 15.6 Å². The van der Waals surface area contributed by atoms with E-state index in [9.17, 15) is 17.0 Å². The molecule has 6 aromatic carbocycles. The molecule has 6 aromatic rings. The number of halogens is 2. The van der Waals surface area contributed by atoms with Gasteiger partial charge in [0.15, 0.2) is 0 Å². The zero-order chi connectivity index (χ0) is 46.6. The number of rotatable bonds is 19. The van der Waals surface area contributed by atoms with Gasteiger partial charge < -0.3 is 0 Å². The molecule has 66 heavy (non-hydrogen) atoms. The van der Waals surface area contributed by atoms with Gasteiger partial charge in [-0.1, -0.05) is 0 Å². The van der Waals surface area contributed by atoms with Crippen LogP contribution in [0.15, 0.2) is 132 Å². The molecule has 0 aliphatic heterocycles. The first kappa shape index (κ1) is 48.9. The molecular formula is C62H73Cl2SiZr. The normalized spacial score (nSPS) is 16.2. The molecule has 0 saturated heterocycles. The van der Waals surface area contributed by atoms with Gasteiger partial charge in [0, 0.05) is 0 Å². The molecule has 0 N–H and O–H groups in total. The first-order valence-electron chi connectivity index (χ1n) is 25.4. The number of benzene rings is 6. The van der Waals surface area contributed by atoms with E-state index in [0.717, 1.165) is 25.7 Å². The Bertz CT molecular complexity index is 2520. The Labute approximate surface area is 407 Å². The predicted molar refractivity (Wildman–Crippen MR) is 292 cm³/mol. The first-order valence-corrected chi connectivity index (χ1v) is 41.7. The second kappa shape index (κ2) is 21.0. The molecule has 0 aromatic heterocycles. The predicted octanol–water partition coefficient (Wildman–Crippen LogP) is 19.9. The second-order valence-corrected chi connectivity index (χ2v) is 63.0. The minimum absolute atomic E-state index is 0.0161. The minimum atomic E-state index is -5.37. The van der Waals surface area contributed by atoms with Crippen molar-refractivity contribution in [2.24, 2.45) is 0 Å². The van der Waals surface area contributed by atoms with Gasteiger partial charge in [0.25, 0.3) is 0 Å². The molecule has 2 aliphatic carbocycles. The van der Waals surface area contributed by atoms with Gasteiger partial charge in [-0.15, -0.1) is 0 Å². The van der Waals surface area contributed by atoms with E-state index in [-0.39, 0.29) is 7.25 Å². The Balaban J connectivity index is 1.44. The SMILES string of the molecule is CCCCCCCC1=Cc2c(-c3ccc(C)cc3)ccc(-c3ccc(C)cc3)c2[CH]1[Zr]([Cl])([Cl])([CH]1C(CCCCCCC)=Cc2c(-c3ccc(C)cc3)ccc(-c3ccc(C)cc3)c21)[SiH](C)C. The van der Waals surface area contributed by atoms with Crippen molar-refractivity contribution in [2.45, 2.75) is 139 Å². The summed E-state index contributed by atoms with van der Waals surface area (Å²) < 4.78 is -0.0321. The van der Waals surface area contributed by atoms with Gasteiger partial charge in [-0.25, -0.2) is 0 Å². The fraction of sp³-hybridized carbons (Fsp3) is 0.355. The summed E-state index contributed by atoms with van der Waals surface area (Å²) in [6.45, 7) is 18.5. The van der Waals surface area contributed by atoms with Crippen LogP contribution in [-0.2, 0) is 15.6 Å². The van der Waals surface area contributed by atoms with E-state index in [1.165, 1.54) is 152 Å². The molecule has 0 saturated carbocycles.